The minimum Gasteiger partial charge on any atom is -0.468 e. The zero-order valence-electron chi connectivity index (χ0n) is 19.7. The molecule has 0 aromatic heterocycles. The summed E-state index contributed by atoms with van der Waals surface area (Å²) in [6.45, 7) is 5.35. The van der Waals surface area contributed by atoms with Gasteiger partial charge in [-0.05, 0) is 57.9 Å². The van der Waals surface area contributed by atoms with Crippen LogP contribution in [0.25, 0.3) is 0 Å². The molecule has 1 aromatic rings. The van der Waals surface area contributed by atoms with Crippen LogP contribution in [0.1, 0.15) is 51.5 Å². The summed E-state index contributed by atoms with van der Waals surface area (Å²) in [7, 11) is 0. The first kappa shape index (κ1) is 29.2. The molecule has 34 heavy (non-hydrogen) atoms. The van der Waals surface area contributed by atoms with Gasteiger partial charge in [0, 0.05) is 12.6 Å². The van der Waals surface area contributed by atoms with Crippen LogP contribution in [0.4, 0.5) is 0 Å². The molecule has 1 fully saturated rings. The zero-order valence-corrected chi connectivity index (χ0v) is 19.7. The maximum Gasteiger partial charge on any atom is 0.294 e. The number of amides is 1. The molecular formula is C22H35N3O9. The lowest BCUT2D eigenvalue weighted by Crippen LogP contribution is -2.50. The van der Waals surface area contributed by atoms with E-state index in [2.05, 4.69) is 26.9 Å². The van der Waals surface area contributed by atoms with E-state index < -0.39 is 17.4 Å². The number of unbranched alkanes of at least 4 members (excludes halogenated alkanes) is 1. The van der Waals surface area contributed by atoms with E-state index in [4.69, 9.17) is 10.1 Å². The van der Waals surface area contributed by atoms with E-state index in [1.54, 1.807) is 0 Å². The number of carbonyl (C=O) groups excluding carboxylic acids is 2. The number of likely N-dealkylation sites (tertiary alicyclic amines) is 1. The minimum absolute atomic E-state index is 0.0508. The van der Waals surface area contributed by atoms with Crippen LogP contribution in [-0.2, 0) is 35.5 Å². The van der Waals surface area contributed by atoms with Gasteiger partial charge in [0.1, 0.15) is 6.23 Å². The van der Waals surface area contributed by atoms with Gasteiger partial charge in [0.15, 0.2) is 0 Å². The summed E-state index contributed by atoms with van der Waals surface area (Å²) in [5.41, 5.74) is 1.16. The lowest BCUT2D eigenvalue weighted by atomic mass is 10.1. The van der Waals surface area contributed by atoms with E-state index >= 15 is 0 Å². The molecular weight excluding hydrogens is 450 g/mol. The first-order valence-electron chi connectivity index (χ1n) is 11.3. The Morgan fingerprint density at radius 2 is 2.03 bits per heavy atom. The van der Waals surface area contributed by atoms with Crippen LogP contribution < -0.4 is 5.32 Å². The van der Waals surface area contributed by atoms with E-state index in [1.807, 2.05) is 42.2 Å². The van der Waals surface area contributed by atoms with Crippen LogP contribution in [-0.4, -0.2) is 65.7 Å². The van der Waals surface area contributed by atoms with Crippen LogP contribution in [0.3, 0.4) is 0 Å². The van der Waals surface area contributed by atoms with E-state index in [-0.39, 0.29) is 25.2 Å². The molecule has 3 unspecified atom stereocenters. The molecule has 1 saturated heterocycles. The maximum atomic E-state index is 12.5. The molecule has 0 radical (unpaired) electrons. The Bertz CT molecular complexity index is 708. The number of hydrogen-bond acceptors (Lipinski definition) is 10. The van der Waals surface area contributed by atoms with Crippen molar-refractivity contribution < 1.29 is 39.4 Å². The smallest absolute Gasteiger partial charge is 0.294 e. The molecule has 1 heterocycles. The van der Waals surface area contributed by atoms with Crippen molar-refractivity contribution in [1.29, 1.82) is 0 Å². The maximum absolute atomic E-state index is 12.5. The van der Waals surface area contributed by atoms with Crippen molar-refractivity contribution in [3.8, 4) is 0 Å². The Balaban J connectivity index is 0.000000445. The summed E-state index contributed by atoms with van der Waals surface area (Å²) in [5, 5.41) is 24.2. The van der Waals surface area contributed by atoms with E-state index in [0.717, 1.165) is 31.4 Å². The van der Waals surface area contributed by atoms with Crippen molar-refractivity contribution in [2.45, 2.75) is 70.7 Å². The number of carbonyl (C=O) groups is 2. The van der Waals surface area contributed by atoms with Gasteiger partial charge < -0.3 is 14.5 Å². The number of ether oxygens (including phenoxy) is 1. The second-order valence-electron chi connectivity index (χ2n) is 7.83. The molecule has 1 amide bonds. The number of benzene rings is 1. The van der Waals surface area contributed by atoms with Crippen molar-refractivity contribution in [2.75, 3.05) is 19.8 Å². The first-order valence-corrected chi connectivity index (χ1v) is 11.3. The highest BCUT2D eigenvalue weighted by atomic mass is 17.5. The standard InChI is InChI=1S/C17H26N2O4.C5H9NO5/c1-13-7-6-12-19(13)17(20)14(2)18-16(22-23-21)11-10-15-8-4-3-5-9-15;7-5-10-3-1-2-4-11-6(8)9/h3-5,8-9,13-14,16,18,21H,6-7,10-12H2,1-2H3;5H,1-4H2. The number of rotatable bonds is 15. The zero-order chi connectivity index (χ0) is 25.2. The second kappa shape index (κ2) is 17.6. The van der Waals surface area contributed by atoms with Crippen LogP contribution >= 0.6 is 0 Å². The third-order valence-electron chi connectivity index (χ3n) is 5.26. The van der Waals surface area contributed by atoms with Gasteiger partial charge in [-0.2, -0.15) is 4.89 Å². The fraction of sp³-hybridized carbons (Fsp3) is 0.636. The minimum atomic E-state index is -0.847. The van der Waals surface area contributed by atoms with Gasteiger partial charge >= 0.3 is 0 Å². The molecule has 0 aliphatic carbocycles. The van der Waals surface area contributed by atoms with Crippen molar-refractivity contribution in [3.63, 3.8) is 0 Å². The first-order chi connectivity index (χ1) is 16.4. The molecule has 0 spiro atoms. The molecule has 192 valence electrons. The van der Waals surface area contributed by atoms with Crippen LogP contribution in [0, 0.1) is 10.1 Å². The Kier molecular flexibility index (Phi) is 15.2. The Labute approximate surface area is 199 Å². The summed E-state index contributed by atoms with van der Waals surface area (Å²) >= 11 is 0. The number of nitrogens with one attached hydrogen (secondary N) is 1. The van der Waals surface area contributed by atoms with Gasteiger partial charge in [0.2, 0.25) is 5.91 Å². The SMILES string of the molecule is CC(NC(CCc1ccccc1)OOO)C(=O)N1CCCC1C.O=COCCCCO[N+](=O)[O-]. The van der Waals surface area contributed by atoms with Crippen LogP contribution in [0.5, 0.6) is 0 Å². The average molecular weight is 486 g/mol. The molecule has 1 aromatic carbocycles. The van der Waals surface area contributed by atoms with E-state index in [9.17, 15) is 19.7 Å². The average Bonchev–Trinajstić information content (AvgIpc) is 3.26. The quantitative estimate of drug-likeness (QED) is 0.0947. The number of hydrogen-bond donors (Lipinski definition) is 2. The molecule has 0 saturated carbocycles. The Morgan fingerprint density at radius 1 is 1.32 bits per heavy atom. The molecule has 0 bridgehead atoms. The lowest BCUT2D eigenvalue weighted by molar-refractivity contribution is -0.757. The molecule has 12 heteroatoms. The van der Waals surface area contributed by atoms with Gasteiger partial charge in [-0.1, -0.05) is 35.4 Å². The second-order valence-corrected chi connectivity index (χ2v) is 7.83. The van der Waals surface area contributed by atoms with Gasteiger partial charge in [0.25, 0.3) is 11.6 Å². The predicted molar refractivity (Wildman–Crippen MR) is 121 cm³/mol. The third kappa shape index (κ3) is 12.4. The molecule has 1 aliphatic heterocycles. The van der Waals surface area contributed by atoms with E-state index in [0.29, 0.717) is 25.7 Å². The summed E-state index contributed by atoms with van der Waals surface area (Å²) in [5.74, 6) is 0.0567. The largest absolute Gasteiger partial charge is 0.468 e. The van der Waals surface area contributed by atoms with Gasteiger partial charge in [-0.25, -0.2) is 5.26 Å². The van der Waals surface area contributed by atoms with Gasteiger partial charge in [-0.3, -0.25) is 14.9 Å². The topological polar surface area (TPSA) is 150 Å². The van der Waals surface area contributed by atoms with Gasteiger partial charge in [0.05, 0.1) is 19.3 Å². The fourth-order valence-electron chi connectivity index (χ4n) is 3.49. The Morgan fingerprint density at radius 3 is 2.62 bits per heavy atom. The van der Waals surface area contributed by atoms with Crippen molar-refractivity contribution in [3.05, 3.63) is 46.0 Å². The molecule has 1 aliphatic rings. The fourth-order valence-corrected chi connectivity index (χ4v) is 3.49. The van der Waals surface area contributed by atoms with Crippen LogP contribution in [0.15, 0.2) is 30.3 Å². The van der Waals surface area contributed by atoms with Crippen LogP contribution in [0.2, 0.25) is 0 Å². The number of nitrogens with zero attached hydrogens (tertiary/aromatic N) is 2. The lowest BCUT2D eigenvalue weighted by Gasteiger charge is -2.27. The summed E-state index contributed by atoms with van der Waals surface area (Å²) in [4.78, 5) is 42.4. The molecule has 2 N–H and O–H groups in total. The summed E-state index contributed by atoms with van der Waals surface area (Å²) in [6.07, 6.45) is 3.96. The highest BCUT2D eigenvalue weighted by Gasteiger charge is 2.29. The third-order valence-corrected chi connectivity index (χ3v) is 5.26. The van der Waals surface area contributed by atoms with Gasteiger partial charge in [-0.15, -0.1) is 10.1 Å². The number of aryl methyl sites for hydroxylation is 1. The molecule has 3 atom stereocenters. The normalized spacial score (nSPS) is 16.7. The van der Waals surface area contributed by atoms with Crippen molar-refractivity contribution in [1.82, 2.24) is 10.2 Å². The molecule has 12 nitrogen and oxygen atoms in total. The predicted octanol–water partition coefficient (Wildman–Crippen LogP) is 2.50. The monoisotopic (exact) mass is 485 g/mol. The van der Waals surface area contributed by atoms with Crippen molar-refractivity contribution in [2.24, 2.45) is 0 Å². The highest BCUT2D eigenvalue weighted by Crippen LogP contribution is 2.17. The summed E-state index contributed by atoms with van der Waals surface area (Å²) in [6, 6.07) is 9.85. The van der Waals surface area contributed by atoms with Crippen molar-refractivity contribution >= 4 is 12.4 Å². The highest BCUT2D eigenvalue weighted by molar-refractivity contribution is 5.82. The molecule has 2 rings (SSSR count). The Hall–Kier alpha value is -2.80. The summed E-state index contributed by atoms with van der Waals surface area (Å²) < 4.78 is 4.33. The van der Waals surface area contributed by atoms with E-state index in [1.165, 1.54) is 0 Å².